The molecular weight excluding hydrogens is 385 g/mol. The van der Waals surface area contributed by atoms with Crippen LogP contribution < -0.4 is 4.90 Å². The predicted molar refractivity (Wildman–Crippen MR) is 101 cm³/mol. The van der Waals surface area contributed by atoms with Crippen LogP contribution in [0.1, 0.15) is 11.1 Å². The molecule has 146 valence electrons. The van der Waals surface area contributed by atoms with Crippen molar-refractivity contribution < 1.29 is 28.2 Å². The molecule has 2 N–H and O–H groups in total. The molecule has 0 saturated carbocycles. The van der Waals surface area contributed by atoms with Crippen LogP contribution in [0.25, 0.3) is 0 Å². The number of amides is 1. The number of carbonyl (C=O) groups is 1. The third-order valence-corrected chi connectivity index (χ3v) is 4.40. The number of alkyl halides is 3. The average Bonchev–Trinajstić information content (AvgIpc) is 2.93. The molecule has 0 bridgehead atoms. The molecule has 0 unspecified atom stereocenters. The van der Waals surface area contributed by atoms with Crippen LogP contribution in [-0.4, -0.2) is 21.8 Å². The van der Waals surface area contributed by atoms with Crippen LogP contribution in [0, 0.1) is 0 Å². The molecule has 3 aromatic rings. The summed E-state index contributed by atoms with van der Waals surface area (Å²) in [7, 11) is 0. The molecule has 8 heteroatoms. The van der Waals surface area contributed by atoms with E-state index < -0.39 is 17.6 Å². The lowest BCUT2D eigenvalue weighted by Gasteiger charge is -2.17. The van der Waals surface area contributed by atoms with Gasteiger partial charge in [-0.05, 0) is 60.7 Å². The number of benzene rings is 3. The van der Waals surface area contributed by atoms with Gasteiger partial charge in [0.1, 0.15) is 17.2 Å². The van der Waals surface area contributed by atoms with Crippen molar-refractivity contribution in [3.05, 3.63) is 77.9 Å². The van der Waals surface area contributed by atoms with Crippen molar-refractivity contribution in [2.45, 2.75) is 6.18 Å². The van der Waals surface area contributed by atoms with E-state index in [2.05, 4.69) is 4.99 Å². The van der Waals surface area contributed by atoms with Crippen molar-refractivity contribution in [2.24, 2.45) is 4.99 Å². The molecule has 0 atom stereocenters. The Balaban J connectivity index is 1.85. The van der Waals surface area contributed by atoms with Gasteiger partial charge >= 0.3 is 6.18 Å². The van der Waals surface area contributed by atoms with Crippen LogP contribution in [0.15, 0.2) is 71.7 Å². The maximum Gasteiger partial charge on any atom is 0.416 e. The Morgan fingerprint density at radius 2 is 1.55 bits per heavy atom. The number of carbonyl (C=O) groups excluding carboxylic acids is 1. The minimum atomic E-state index is -4.54. The van der Waals surface area contributed by atoms with Crippen molar-refractivity contribution in [3.63, 3.8) is 0 Å². The number of phenolic OH excluding ortho intramolecular Hbond substituents is 2. The normalized spacial score (nSPS) is 15.1. The van der Waals surface area contributed by atoms with Gasteiger partial charge in [-0.15, -0.1) is 0 Å². The molecule has 4 rings (SSSR count). The fourth-order valence-corrected chi connectivity index (χ4v) is 3.09. The summed E-state index contributed by atoms with van der Waals surface area (Å²) in [5.74, 6) is -0.654. The topological polar surface area (TPSA) is 73.1 Å². The van der Waals surface area contributed by atoms with Crippen molar-refractivity contribution >= 4 is 28.7 Å². The van der Waals surface area contributed by atoms with Gasteiger partial charge in [0.15, 0.2) is 0 Å². The number of halogens is 3. The Hall–Kier alpha value is -3.81. The van der Waals surface area contributed by atoms with Gasteiger partial charge in [0.2, 0.25) is 0 Å². The van der Waals surface area contributed by atoms with Crippen LogP contribution in [0.2, 0.25) is 0 Å². The van der Waals surface area contributed by atoms with Crippen molar-refractivity contribution in [3.8, 4) is 11.5 Å². The molecular formula is C21H13F3N2O3. The van der Waals surface area contributed by atoms with E-state index in [0.717, 1.165) is 12.1 Å². The number of phenols is 2. The standard InChI is InChI=1S/C21H13F3N2O3/c22-21(23,24)12-2-1-3-13(10-12)25-19-17-11-16(28)8-9-18(17)26(20(19)29)14-4-6-15(27)7-5-14/h1-11,27-28H. The first-order chi connectivity index (χ1) is 13.7. The summed E-state index contributed by atoms with van der Waals surface area (Å²) in [5, 5.41) is 19.3. The highest BCUT2D eigenvalue weighted by molar-refractivity contribution is 6.56. The molecule has 5 nitrogen and oxygen atoms in total. The molecule has 0 aromatic heterocycles. The fraction of sp³-hybridized carbons (Fsp3) is 0.0476. The zero-order valence-corrected chi connectivity index (χ0v) is 14.7. The summed E-state index contributed by atoms with van der Waals surface area (Å²) in [6.07, 6.45) is -4.54. The van der Waals surface area contributed by atoms with Gasteiger partial charge in [-0.25, -0.2) is 4.99 Å². The molecule has 0 fully saturated rings. The molecule has 29 heavy (non-hydrogen) atoms. The van der Waals surface area contributed by atoms with Gasteiger partial charge in [0.25, 0.3) is 5.91 Å². The molecule has 0 aliphatic carbocycles. The Morgan fingerprint density at radius 3 is 2.24 bits per heavy atom. The van der Waals surface area contributed by atoms with Gasteiger partial charge in [0, 0.05) is 11.3 Å². The fourth-order valence-electron chi connectivity index (χ4n) is 3.09. The highest BCUT2D eigenvalue weighted by Crippen LogP contribution is 2.39. The molecule has 0 saturated heterocycles. The van der Waals surface area contributed by atoms with Crippen LogP contribution in [-0.2, 0) is 11.0 Å². The molecule has 0 radical (unpaired) electrons. The van der Waals surface area contributed by atoms with E-state index in [1.807, 2.05) is 0 Å². The zero-order valence-electron chi connectivity index (χ0n) is 14.7. The number of hydrogen-bond donors (Lipinski definition) is 2. The zero-order chi connectivity index (χ0) is 20.8. The maximum atomic E-state index is 13.1. The Bertz CT molecular complexity index is 1140. The summed E-state index contributed by atoms with van der Waals surface area (Å²) in [5.41, 5.74) is 0.142. The number of nitrogens with zero attached hydrogens (tertiary/aromatic N) is 2. The van der Waals surface area contributed by atoms with Gasteiger partial charge in [-0.2, -0.15) is 13.2 Å². The SMILES string of the molecule is O=C1C(=Nc2cccc(C(F)(F)F)c2)c2cc(O)ccc2N1c1ccc(O)cc1. The first-order valence-electron chi connectivity index (χ1n) is 8.47. The van der Waals surface area contributed by atoms with Crippen molar-refractivity contribution in [2.75, 3.05) is 4.90 Å². The van der Waals surface area contributed by atoms with Gasteiger partial charge < -0.3 is 10.2 Å². The second kappa shape index (κ2) is 6.66. The van der Waals surface area contributed by atoms with Gasteiger partial charge in [-0.3, -0.25) is 9.69 Å². The van der Waals surface area contributed by atoms with E-state index in [-0.39, 0.29) is 22.9 Å². The van der Waals surface area contributed by atoms with Gasteiger partial charge in [0.05, 0.1) is 16.9 Å². The Kier molecular flexibility index (Phi) is 4.26. The number of anilines is 2. The smallest absolute Gasteiger partial charge is 0.416 e. The van der Waals surface area contributed by atoms with E-state index in [9.17, 15) is 28.2 Å². The predicted octanol–water partition coefficient (Wildman–Crippen LogP) is 4.92. The second-order valence-electron chi connectivity index (χ2n) is 6.37. The quantitative estimate of drug-likeness (QED) is 0.644. The summed E-state index contributed by atoms with van der Waals surface area (Å²) >= 11 is 0. The molecule has 1 aliphatic rings. The molecule has 1 aliphatic heterocycles. The number of aliphatic imine (C=N–C) groups is 1. The van der Waals surface area contributed by atoms with E-state index in [0.29, 0.717) is 16.9 Å². The minimum absolute atomic E-state index is 0.0178. The maximum absolute atomic E-state index is 13.1. The first-order valence-corrected chi connectivity index (χ1v) is 8.47. The first kappa shape index (κ1) is 18.5. The van der Waals surface area contributed by atoms with Crippen molar-refractivity contribution in [1.82, 2.24) is 0 Å². The molecule has 1 amide bonds. The monoisotopic (exact) mass is 398 g/mol. The lowest BCUT2D eigenvalue weighted by atomic mass is 10.1. The number of rotatable bonds is 2. The lowest BCUT2D eigenvalue weighted by molar-refractivity contribution is -0.137. The number of fused-ring (bicyclic) bond motifs is 1. The van der Waals surface area contributed by atoms with E-state index in [1.165, 1.54) is 59.5 Å². The summed E-state index contributed by atoms with van der Waals surface area (Å²) < 4.78 is 39.0. The summed E-state index contributed by atoms with van der Waals surface area (Å²) in [6, 6.07) is 14.5. The third-order valence-electron chi connectivity index (χ3n) is 4.40. The minimum Gasteiger partial charge on any atom is -0.508 e. The largest absolute Gasteiger partial charge is 0.508 e. The molecule has 1 heterocycles. The highest BCUT2D eigenvalue weighted by atomic mass is 19.4. The van der Waals surface area contributed by atoms with E-state index in [1.54, 1.807) is 0 Å². The third kappa shape index (κ3) is 3.40. The highest BCUT2D eigenvalue weighted by Gasteiger charge is 2.36. The summed E-state index contributed by atoms with van der Waals surface area (Å²) in [4.78, 5) is 18.5. The number of hydrogen-bond acceptors (Lipinski definition) is 4. The van der Waals surface area contributed by atoms with Crippen LogP contribution in [0.5, 0.6) is 11.5 Å². The van der Waals surface area contributed by atoms with Crippen LogP contribution >= 0.6 is 0 Å². The Morgan fingerprint density at radius 1 is 0.862 bits per heavy atom. The van der Waals surface area contributed by atoms with Crippen molar-refractivity contribution in [1.29, 1.82) is 0 Å². The molecule has 0 spiro atoms. The van der Waals surface area contributed by atoms with Crippen LogP contribution in [0.3, 0.4) is 0 Å². The van der Waals surface area contributed by atoms with E-state index in [4.69, 9.17) is 0 Å². The second-order valence-corrected chi connectivity index (χ2v) is 6.37. The van der Waals surface area contributed by atoms with Crippen LogP contribution in [0.4, 0.5) is 30.2 Å². The summed E-state index contributed by atoms with van der Waals surface area (Å²) in [6.45, 7) is 0. The number of aromatic hydroxyl groups is 2. The Labute approximate surface area is 163 Å². The average molecular weight is 398 g/mol. The van der Waals surface area contributed by atoms with E-state index >= 15 is 0 Å². The molecule has 3 aromatic carbocycles. The lowest BCUT2D eigenvalue weighted by Crippen LogP contribution is -2.25. The van der Waals surface area contributed by atoms with Gasteiger partial charge in [-0.1, -0.05) is 6.07 Å².